The molecule has 0 aliphatic rings. The van der Waals surface area contributed by atoms with Crippen LogP contribution in [0.5, 0.6) is 0 Å². The van der Waals surface area contributed by atoms with Gasteiger partial charge in [0.05, 0.1) is 11.2 Å². The molecule has 2 aromatic heterocycles. The lowest BCUT2D eigenvalue weighted by Gasteiger charge is -1.97. The van der Waals surface area contributed by atoms with Gasteiger partial charge in [-0.2, -0.15) is 5.10 Å². The largest absolute Gasteiger partial charge is 0.265 e. The molecule has 0 radical (unpaired) electrons. The normalized spacial score (nSPS) is 10.7. The fraction of sp³-hybridized carbons (Fsp3) is 0. The highest BCUT2D eigenvalue weighted by Gasteiger charge is 2.00. The molecule has 0 amide bonds. The van der Waals surface area contributed by atoms with Gasteiger partial charge in [-0.1, -0.05) is 18.2 Å². The molecule has 3 rings (SSSR count). The molecule has 3 nitrogen and oxygen atoms in total. The Morgan fingerprint density at radius 2 is 1.73 bits per heavy atom. The van der Waals surface area contributed by atoms with Gasteiger partial charge in [-0.05, 0) is 18.2 Å². The number of hydrogen-bond acceptors (Lipinski definition) is 2. The van der Waals surface area contributed by atoms with Crippen LogP contribution in [0.25, 0.3) is 16.6 Å². The molecule has 3 aromatic rings. The zero-order valence-corrected chi connectivity index (χ0v) is 8.04. The molecule has 0 spiro atoms. The van der Waals surface area contributed by atoms with Crippen molar-refractivity contribution in [1.29, 1.82) is 0 Å². The van der Waals surface area contributed by atoms with Crippen molar-refractivity contribution in [3.63, 3.8) is 0 Å². The van der Waals surface area contributed by atoms with Crippen molar-refractivity contribution in [1.82, 2.24) is 14.8 Å². The minimum absolute atomic E-state index is 1.01. The molecule has 2 heterocycles. The molecule has 0 N–H and O–H groups in total. The summed E-state index contributed by atoms with van der Waals surface area (Å²) in [5.74, 6) is 0. The molecule has 0 saturated carbocycles. The standard InChI is InChI=1S/C12H9N3/c1-2-4-12-10(3-1)9-15(14-12)11-5-7-13-8-6-11/h1-9H. The summed E-state index contributed by atoms with van der Waals surface area (Å²) in [6, 6.07) is 11.9. The van der Waals surface area contributed by atoms with Crippen LogP contribution >= 0.6 is 0 Å². The van der Waals surface area contributed by atoms with Gasteiger partial charge in [0.2, 0.25) is 0 Å². The van der Waals surface area contributed by atoms with Crippen LogP contribution < -0.4 is 0 Å². The number of hydrogen-bond donors (Lipinski definition) is 0. The molecular formula is C12H9N3. The Morgan fingerprint density at radius 3 is 2.53 bits per heavy atom. The summed E-state index contributed by atoms with van der Waals surface area (Å²) in [6.45, 7) is 0. The average Bonchev–Trinajstić information content (AvgIpc) is 2.74. The lowest BCUT2D eigenvalue weighted by molar-refractivity contribution is 0.893. The maximum Gasteiger partial charge on any atom is 0.0927 e. The first-order valence-electron chi connectivity index (χ1n) is 4.78. The quantitative estimate of drug-likeness (QED) is 0.597. The van der Waals surface area contributed by atoms with Crippen LogP contribution in [0.3, 0.4) is 0 Å². The molecule has 0 bridgehead atoms. The van der Waals surface area contributed by atoms with Crippen molar-refractivity contribution in [3.05, 3.63) is 55.0 Å². The third-order valence-electron chi connectivity index (χ3n) is 2.34. The molecule has 0 aliphatic carbocycles. The molecule has 0 unspecified atom stereocenters. The number of aromatic nitrogens is 3. The van der Waals surface area contributed by atoms with E-state index in [9.17, 15) is 0 Å². The molecule has 72 valence electrons. The Balaban J connectivity index is 2.21. The van der Waals surface area contributed by atoms with Crippen LogP contribution in [-0.4, -0.2) is 14.8 Å². The molecule has 0 fully saturated rings. The number of benzene rings is 1. The first-order chi connectivity index (χ1) is 7.43. The summed E-state index contributed by atoms with van der Waals surface area (Å²) >= 11 is 0. The number of rotatable bonds is 1. The van der Waals surface area contributed by atoms with Crippen LogP contribution in [0.1, 0.15) is 0 Å². The van der Waals surface area contributed by atoms with Gasteiger partial charge in [-0.3, -0.25) is 4.98 Å². The maximum absolute atomic E-state index is 4.47. The molecule has 0 atom stereocenters. The fourth-order valence-corrected chi connectivity index (χ4v) is 1.59. The van der Waals surface area contributed by atoms with E-state index in [0.29, 0.717) is 0 Å². The zero-order valence-electron chi connectivity index (χ0n) is 8.04. The Hall–Kier alpha value is -2.16. The highest BCUT2D eigenvalue weighted by atomic mass is 15.3. The molecule has 0 aliphatic heterocycles. The van der Waals surface area contributed by atoms with Crippen LogP contribution in [0.15, 0.2) is 55.0 Å². The van der Waals surface area contributed by atoms with Gasteiger partial charge >= 0.3 is 0 Å². The summed E-state index contributed by atoms with van der Waals surface area (Å²) in [5.41, 5.74) is 2.04. The topological polar surface area (TPSA) is 30.7 Å². The van der Waals surface area contributed by atoms with Gasteiger partial charge in [-0.15, -0.1) is 0 Å². The summed E-state index contributed by atoms with van der Waals surface area (Å²) in [5, 5.41) is 5.62. The van der Waals surface area contributed by atoms with E-state index >= 15 is 0 Å². The monoisotopic (exact) mass is 195 g/mol. The predicted molar refractivity (Wildman–Crippen MR) is 58.9 cm³/mol. The lowest BCUT2D eigenvalue weighted by Crippen LogP contribution is -1.93. The maximum atomic E-state index is 4.47. The van der Waals surface area contributed by atoms with E-state index < -0.39 is 0 Å². The summed E-state index contributed by atoms with van der Waals surface area (Å²) < 4.78 is 1.87. The van der Waals surface area contributed by atoms with Gasteiger partial charge in [0.25, 0.3) is 0 Å². The Labute approximate surface area is 87.0 Å². The molecular weight excluding hydrogens is 186 g/mol. The van der Waals surface area contributed by atoms with Crippen LogP contribution in [0, 0.1) is 0 Å². The summed E-state index contributed by atoms with van der Waals surface area (Å²) in [6.07, 6.45) is 5.55. The van der Waals surface area contributed by atoms with E-state index in [0.717, 1.165) is 16.6 Å². The fourth-order valence-electron chi connectivity index (χ4n) is 1.59. The van der Waals surface area contributed by atoms with E-state index in [1.54, 1.807) is 12.4 Å². The van der Waals surface area contributed by atoms with Crippen molar-refractivity contribution >= 4 is 10.9 Å². The van der Waals surface area contributed by atoms with Crippen LogP contribution in [0.4, 0.5) is 0 Å². The summed E-state index contributed by atoms with van der Waals surface area (Å²) in [7, 11) is 0. The highest BCUT2D eigenvalue weighted by Crippen LogP contribution is 2.14. The highest BCUT2D eigenvalue weighted by molar-refractivity contribution is 5.78. The van der Waals surface area contributed by atoms with Gasteiger partial charge in [-0.25, -0.2) is 4.68 Å². The zero-order chi connectivity index (χ0) is 10.1. The molecule has 0 saturated heterocycles. The number of fused-ring (bicyclic) bond motifs is 1. The van der Waals surface area contributed by atoms with E-state index in [1.165, 1.54) is 0 Å². The number of pyridine rings is 1. The Morgan fingerprint density at radius 1 is 0.933 bits per heavy atom. The van der Waals surface area contributed by atoms with Crippen LogP contribution in [-0.2, 0) is 0 Å². The SMILES string of the molecule is c1ccc2nn(-c3ccncc3)cc2c1. The smallest absolute Gasteiger partial charge is 0.0927 e. The average molecular weight is 195 g/mol. The second-order valence-corrected chi connectivity index (χ2v) is 3.34. The predicted octanol–water partition coefficient (Wildman–Crippen LogP) is 2.42. The Bertz CT molecular complexity index is 551. The Kier molecular flexibility index (Phi) is 1.75. The van der Waals surface area contributed by atoms with Gasteiger partial charge in [0, 0.05) is 24.0 Å². The van der Waals surface area contributed by atoms with Crippen molar-refractivity contribution in [3.8, 4) is 5.69 Å². The van der Waals surface area contributed by atoms with E-state index in [2.05, 4.69) is 16.1 Å². The third-order valence-corrected chi connectivity index (χ3v) is 2.34. The van der Waals surface area contributed by atoms with E-state index in [-0.39, 0.29) is 0 Å². The lowest BCUT2D eigenvalue weighted by atomic mass is 10.3. The minimum atomic E-state index is 1.01. The third kappa shape index (κ3) is 1.38. The number of nitrogens with zero attached hydrogens (tertiary/aromatic N) is 3. The van der Waals surface area contributed by atoms with Crippen molar-refractivity contribution in [2.45, 2.75) is 0 Å². The minimum Gasteiger partial charge on any atom is -0.265 e. The second-order valence-electron chi connectivity index (χ2n) is 3.34. The second kappa shape index (κ2) is 3.20. The van der Waals surface area contributed by atoms with Gasteiger partial charge < -0.3 is 0 Å². The van der Waals surface area contributed by atoms with Crippen molar-refractivity contribution in [2.75, 3.05) is 0 Å². The first-order valence-corrected chi connectivity index (χ1v) is 4.78. The van der Waals surface area contributed by atoms with Gasteiger partial charge in [0.15, 0.2) is 0 Å². The molecule has 15 heavy (non-hydrogen) atoms. The van der Waals surface area contributed by atoms with Crippen molar-refractivity contribution < 1.29 is 0 Å². The molecule has 3 heteroatoms. The molecule has 1 aromatic carbocycles. The van der Waals surface area contributed by atoms with E-state index in [1.807, 2.05) is 41.2 Å². The first kappa shape index (κ1) is 8.17. The van der Waals surface area contributed by atoms with Gasteiger partial charge in [0.1, 0.15) is 0 Å². The summed E-state index contributed by atoms with van der Waals surface area (Å²) in [4.78, 5) is 3.98. The van der Waals surface area contributed by atoms with E-state index in [4.69, 9.17) is 0 Å². The van der Waals surface area contributed by atoms with Crippen LogP contribution in [0.2, 0.25) is 0 Å². The van der Waals surface area contributed by atoms with Crippen molar-refractivity contribution in [2.24, 2.45) is 0 Å².